The summed E-state index contributed by atoms with van der Waals surface area (Å²) < 4.78 is 3.59. The van der Waals surface area contributed by atoms with Crippen molar-refractivity contribution in [3.63, 3.8) is 0 Å². The molecule has 1 aliphatic rings. The molecule has 0 spiro atoms. The molecule has 0 bridgehead atoms. The van der Waals surface area contributed by atoms with Gasteiger partial charge in [-0.2, -0.15) is 0 Å². The van der Waals surface area contributed by atoms with Gasteiger partial charge in [-0.15, -0.1) is 0 Å². The number of benzene rings is 1. The van der Waals surface area contributed by atoms with Gasteiger partial charge in [0, 0.05) is 24.1 Å². The predicted octanol–water partition coefficient (Wildman–Crippen LogP) is 2.60. The molecule has 1 unspecified atom stereocenters. The topological polar surface area (TPSA) is 54.7 Å². The average molecular weight is 323 g/mol. The summed E-state index contributed by atoms with van der Waals surface area (Å²) in [5.41, 5.74) is 4.85. The van der Waals surface area contributed by atoms with Gasteiger partial charge in [0.2, 0.25) is 0 Å². The van der Waals surface area contributed by atoms with E-state index in [4.69, 9.17) is 4.98 Å². The fourth-order valence-corrected chi connectivity index (χ4v) is 3.24. The van der Waals surface area contributed by atoms with E-state index < -0.39 is 0 Å². The van der Waals surface area contributed by atoms with E-state index in [1.54, 1.807) is 16.8 Å². The molecule has 3 heterocycles. The SMILES string of the molecule is O=Cc1ccc(-c2nc3cccc4n3c2CCN(P)C4=O)cc1. The van der Waals surface area contributed by atoms with Gasteiger partial charge in [0.05, 0.1) is 11.4 Å². The van der Waals surface area contributed by atoms with E-state index in [1.165, 1.54) is 0 Å². The third-order valence-corrected chi connectivity index (χ3v) is 4.62. The third kappa shape index (κ3) is 2.16. The second-order valence-electron chi connectivity index (χ2n) is 5.50. The lowest BCUT2D eigenvalue weighted by atomic mass is 10.1. The summed E-state index contributed by atoms with van der Waals surface area (Å²) in [7, 11) is 2.49. The smallest absolute Gasteiger partial charge is 0.273 e. The van der Waals surface area contributed by atoms with Crippen molar-refractivity contribution >= 4 is 27.2 Å². The minimum absolute atomic E-state index is 0.0281. The van der Waals surface area contributed by atoms with Crippen LogP contribution in [0.4, 0.5) is 0 Å². The van der Waals surface area contributed by atoms with Crippen molar-refractivity contribution in [3.05, 3.63) is 59.4 Å². The number of carbonyl (C=O) groups is 2. The van der Waals surface area contributed by atoms with Gasteiger partial charge in [-0.25, -0.2) is 4.98 Å². The van der Waals surface area contributed by atoms with E-state index in [2.05, 4.69) is 9.39 Å². The highest BCUT2D eigenvalue weighted by molar-refractivity contribution is 7.14. The van der Waals surface area contributed by atoms with Crippen LogP contribution >= 0.6 is 9.39 Å². The van der Waals surface area contributed by atoms with Gasteiger partial charge in [-0.1, -0.05) is 30.3 Å². The van der Waals surface area contributed by atoms with Crippen LogP contribution in [0.2, 0.25) is 0 Å². The zero-order chi connectivity index (χ0) is 16.0. The summed E-state index contributed by atoms with van der Waals surface area (Å²) in [6.45, 7) is 0.616. The van der Waals surface area contributed by atoms with Crippen LogP contribution < -0.4 is 0 Å². The van der Waals surface area contributed by atoms with Crippen molar-refractivity contribution in [3.8, 4) is 11.3 Å². The van der Waals surface area contributed by atoms with Crippen LogP contribution in [0.5, 0.6) is 0 Å². The highest BCUT2D eigenvalue weighted by atomic mass is 31.0. The van der Waals surface area contributed by atoms with Crippen LogP contribution in [-0.4, -0.2) is 32.8 Å². The highest BCUT2D eigenvalue weighted by Gasteiger charge is 2.24. The first-order valence-electron chi connectivity index (χ1n) is 7.31. The number of aromatic nitrogens is 2. The zero-order valence-electron chi connectivity index (χ0n) is 12.3. The summed E-state index contributed by atoms with van der Waals surface area (Å²) in [6.07, 6.45) is 1.55. The van der Waals surface area contributed by atoms with E-state index in [-0.39, 0.29) is 5.91 Å². The minimum Gasteiger partial charge on any atom is -0.322 e. The average Bonchev–Trinajstić information content (AvgIpc) is 2.91. The lowest BCUT2D eigenvalue weighted by Gasteiger charge is -2.13. The minimum atomic E-state index is -0.0281. The first kappa shape index (κ1) is 14.1. The largest absolute Gasteiger partial charge is 0.322 e. The maximum absolute atomic E-state index is 12.5. The van der Waals surface area contributed by atoms with Gasteiger partial charge in [-0.05, 0) is 21.5 Å². The number of carbonyl (C=O) groups excluding carboxylic acids is 2. The molecule has 3 aromatic rings. The number of hydrogen-bond acceptors (Lipinski definition) is 3. The molecule has 0 saturated heterocycles. The number of aldehydes is 1. The molecule has 2 aromatic heterocycles. The van der Waals surface area contributed by atoms with Crippen LogP contribution in [-0.2, 0) is 6.42 Å². The van der Waals surface area contributed by atoms with E-state index in [9.17, 15) is 9.59 Å². The molecule has 0 saturated carbocycles. The Hall–Kier alpha value is -2.52. The fraction of sp³-hybridized carbons (Fsp3) is 0.118. The van der Waals surface area contributed by atoms with E-state index in [1.807, 2.05) is 34.7 Å². The quantitative estimate of drug-likeness (QED) is 0.538. The Morgan fingerprint density at radius 3 is 2.65 bits per heavy atom. The fourth-order valence-electron chi connectivity index (χ4n) is 2.98. The Balaban J connectivity index is 1.97. The number of imidazole rings is 1. The summed E-state index contributed by atoms with van der Waals surface area (Å²) >= 11 is 0. The first-order valence-corrected chi connectivity index (χ1v) is 7.83. The zero-order valence-corrected chi connectivity index (χ0v) is 13.4. The Morgan fingerprint density at radius 1 is 1.13 bits per heavy atom. The van der Waals surface area contributed by atoms with Crippen molar-refractivity contribution in [2.24, 2.45) is 0 Å². The van der Waals surface area contributed by atoms with Crippen LogP contribution in [0.3, 0.4) is 0 Å². The molecule has 0 radical (unpaired) electrons. The number of nitrogens with zero attached hydrogens (tertiary/aromatic N) is 3. The maximum atomic E-state index is 12.5. The second kappa shape index (κ2) is 5.28. The van der Waals surface area contributed by atoms with E-state index in [0.717, 1.165) is 35.3 Å². The number of hydrogen-bond donors (Lipinski definition) is 0. The molecule has 5 nitrogen and oxygen atoms in total. The Morgan fingerprint density at radius 2 is 1.91 bits per heavy atom. The van der Waals surface area contributed by atoms with Crippen molar-refractivity contribution in [1.29, 1.82) is 0 Å². The number of amides is 1. The monoisotopic (exact) mass is 323 g/mol. The molecule has 6 heteroatoms. The van der Waals surface area contributed by atoms with E-state index in [0.29, 0.717) is 17.8 Å². The summed E-state index contributed by atoms with van der Waals surface area (Å²) in [5, 5.41) is 0. The van der Waals surface area contributed by atoms with Gasteiger partial charge < -0.3 is 4.67 Å². The summed E-state index contributed by atoms with van der Waals surface area (Å²) in [5.74, 6) is -0.0281. The standard InChI is InChI=1S/C17H14N3O2P/c21-10-11-4-6-12(7-5-11)16-13-8-9-19(23)17(22)14-2-1-3-15(18-16)20(13)14/h1-7,10H,8-9,23H2. The van der Waals surface area contributed by atoms with Crippen LogP contribution in [0.1, 0.15) is 26.5 Å². The lowest BCUT2D eigenvalue weighted by molar-refractivity contribution is 0.0869. The molecular formula is C17H14N3O2P. The molecule has 0 aliphatic carbocycles. The molecular weight excluding hydrogens is 309 g/mol. The van der Waals surface area contributed by atoms with Crippen molar-refractivity contribution in [2.75, 3.05) is 6.54 Å². The molecule has 1 aromatic carbocycles. The van der Waals surface area contributed by atoms with Gasteiger partial charge in [-0.3, -0.25) is 14.0 Å². The Bertz CT molecular complexity index is 931. The Labute approximate surface area is 135 Å². The van der Waals surface area contributed by atoms with Crippen molar-refractivity contribution < 1.29 is 9.59 Å². The number of pyridine rings is 1. The van der Waals surface area contributed by atoms with Crippen LogP contribution in [0.25, 0.3) is 16.9 Å². The van der Waals surface area contributed by atoms with Gasteiger partial charge >= 0.3 is 0 Å². The predicted molar refractivity (Wildman–Crippen MR) is 90.5 cm³/mol. The highest BCUT2D eigenvalue weighted by Crippen LogP contribution is 2.29. The van der Waals surface area contributed by atoms with Crippen LogP contribution in [0, 0.1) is 0 Å². The maximum Gasteiger partial charge on any atom is 0.273 e. The third-order valence-electron chi connectivity index (χ3n) is 4.13. The normalized spacial score (nSPS) is 14.1. The molecule has 1 atom stereocenters. The van der Waals surface area contributed by atoms with Crippen molar-refractivity contribution in [1.82, 2.24) is 14.1 Å². The van der Waals surface area contributed by atoms with Gasteiger partial charge in [0.1, 0.15) is 17.6 Å². The lowest BCUT2D eigenvalue weighted by Crippen LogP contribution is -2.21. The van der Waals surface area contributed by atoms with Gasteiger partial charge in [0.25, 0.3) is 5.91 Å². The molecule has 4 rings (SSSR count). The van der Waals surface area contributed by atoms with Gasteiger partial charge in [0.15, 0.2) is 0 Å². The Kier molecular flexibility index (Phi) is 3.24. The van der Waals surface area contributed by atoms with Crippen LogP contribution in [0.15, 0.2) is 42.5 Å². The van der Waals surface area contributed by atoms with E-state index >= 15 is 0 Å². The molecule has 0 N–H and O–H groups in total. The summed E-state index contributed by atoms with van der Waals surface area (Å²) in [4.78, 5) is 28.0. The second-order valence-corrected chi connectivity index (χ2v) is 6.12. The first-order chi connectivity index (χ1) is 11.2. The number of rotatable bonds is 2. The molecule has 1 amide bonds. The summed E-state index contributed by atoms with van der Waals surface area (Å²) in [6, 6.07) is 12.9. The van der Waals surface area contributed by atoms with Crippen molar-refractivity contribution in [2.45, 2.75) is 6.42 Å². The molecule has 0 fully saturated rings. The molecule has 114 valence electrons. The molecule has 23 heavy (non-hydrogen) atoms. The molecule has 1 aliphatic heterocycles.